The predicted octanol–water partition coefficient (Wildman–Crippen LogP) is 3.33. The van der Waals surface area contributed by atoms with Crippen LogP contribution in [0.4, 0.5) is 5.69 Å². The van der Waals surface area contributed by atoms with Crippen LogP contribution in [0.3, 0.4) is 0 Å². The van der Waals surface area contributed by atoms with Gasteiger partial charge in [-0.1, -0.05) is 39.0 Å². The monoisotopic (exact) mass is 259 g/mol. The van der Waals surface area contributed by atoms with Crippen molar-refractivity contribution in [2.45, 2.75) is 57.6 Å². The molecule has 0 aromatic heterocycles. The van der Waals surface area contributed by atoms with Crippen LogP contribution in [-0.4, -0.2) is 23.8 Å². The van der Waals surface area contributed by atoms with Crippen molar-refractivity contribution >= 4 is 5.69 Å². The van der Waals surface area contributed by atoms with Gasteiger partial charge >= 0.3 is 0 Å². The van der Waals surface area contributed by atoms with Gasteiger partial charge in [-0.2, -0.15) is 0 Å². The van der Waals surface area contributed by atoms with Crippen LogP contribution in [0, 0.1) is 5.41 Å². The Labute approximate surface area is 116 Å². The number of likely N-dealkylation sites (N-methyl/N-ethyl adjacent to an activating group) is 1. The molecule has 3 atom stereocenters. The van der Waals surface area contributed by atoms with Gasteiger partial charge < -0.3 is 10.0 Å². The van der Waals surface area contributed by atoms with Crippen molar-refractivity contribution < 1.29 is 5.11 Å². The maximum atomic E-state index is 10.6. The molecule has 2 heteroatoms. The molecule has 19 heavy (non-hydrogen) atoms. The van der Waals surface area contributed by atoms with Crippen LogP contribution in [0.5, 0.6) is 0 Å². The summed E-state index contributed by atoms with van der Waals surface area (Å²) in [4.78, 5) is 2.38. The summed E-state index contributed by atoms with van der Waals surface area (Å²) in [5.41, 5.74) is 2.41. The van der Waals surface area contributed by atoms with E-state index in [1.165, 1.54) is 11.3 Å². The number of aliphatic hydroxyl groups is 1. The molecular formula is C17H25NO. The molecule has 0 saturated heterocycles. The minimum Gasteiger partial charge on any atom is -0.390 e. The molecule has 3 rings (SSSR count). The molecule has 1 saturated carbocycles. The molecule has 0 amide bonds. The van der Waals surface area contributed by atoms with E-state index in [9.17, 15) is 5.11 Å². The number of hydrogen-bond acceptors (Lipinski definition) is 2. The second-order valence-corrected chi connectivity index (χ2v) is 7.61. The number of anilines is 1. The second kappa shape index (κ2) is 3.54. The number of benzene rings is 1. The van der Waals surface area contributed by atoms with Gasteiger partial charge in [0.2, 0.25) is 0 Å². The maximum Gasteiger partial charge on any atom is 0.0645 e. The minimum absolute atomic E-state index is 0.0836. The first-order valence-electron chi connectivity index (χ1n) is 7.24. The fourth-order valence-corrected chi connectivity index (χ4v) is 4.74. The average Bonchev–Trinajstić information content (AvgIpc) is 2.51. The molecule has 104 valence electrons. The summed E-state index contributed by atoms with van der Waals surface area (Å²) in [5.74, 6) is 0. The quantitative estimate of drug-likeness (QED) is 0.772. The van der Waals surface area contributed by atoms with Crippen LogP contribution in [0.1, 0.15) is 46.1 Å². The van der Waals surface area contributed by atoms with Gasteiger partial charge in [-0.05, 0) is 36.8 Å². The molecule has 2 aliphatic rings. The van der Waals surface area contributed by atoms with Gasteiger partial charge in [-0.3, -0.25) is 0 Å². The van der Waals surface area contributed by atoms with Crippen LogP contribution in [0.2, 0.25) is 0 Å². The highest BCUT2D eigenvalue weighted by Gasteiger charge is 2.60. The molecule has 2 nitrogen and oxygen atoms in total. The molecule has 0 radical (unpaired) electrons. The molecule has 1 aromatic carbocycles. The zero-order valence-electron chi connectivity index (χ0n) is 12.7. The van der Waals surface area contributed by atoms with E-state index in [0.717, 1.165) is 12.8 Å². The average molecular weight is 259 g/mol. The van der Waals surface area contributed by atoms with E-state index in [-0.39, 0.29) is 10.8 Å². The summed E-state index contributed by atoms with van der Waals surface area (Å²) < 4.78 is 0. The first-order valence-corrected chi connectivity index (χ1v) is 7.24. The van der Waals surface area contributed by atoms with Crippen molar-refractivity contribution in [1.82, 2.24) is 0 Å². The van der Waals surface area contributed by atoms with Crippen LogP contribution in [-0.2, 0) is 5.41 Å². The van der Waals surface area contributed by atoms with Crippen molar-refractivity contribution in [2.24, 2.45) is 5.41 Å². The van der Waals surface area contributed by atoms with Gasteiger partial charge in [-0.15, -0.1) is 0 Å². The third-order valence-corrected chi connectivity index (χ3v) is 5.84. The first kappa shape index (κ1) is 13.0. The molecule has 1 aromatic rings. The highest BCUT2D eigenvalue weighted by molar-refractivity contribution is 5.65. The molecule has 1 aliphatic heterocycles. The lowest BCUT2D eigenvalue weighted by Gasteiger charge is -2.55. The van der Waals surface area contributed by atoms with Crippen molar-refractivity contribution in [3.63, 3.8) is 0 Å². The van der Waals surface area contributed by atoms with E-state index in [2.05, 4.69) is 57.0 Å². The lowest BCUT2D eigenvalue weighted by molar-refractivity contribution is -0.0679. The highest BCUT2D eigenvalue weighted by atomic mass is 16.3. The fourth-order valence-electron chi connectivity index (χ4n) is 4.74. The molecule has 1 N–H and O–H groups in total. The van der Waals surface area contributed by atoms with Crippen LogP contribution in [0.25, 0.3) is 0 Å². The zero-order valence-corrected chi connectivity index (χ0v) is 12.7. The van der Waals surface area contributed by atoms with Crippen LogP contribution < -0.4 is 4.90 Å². The Hall–Kier alpha value is -1.02. The Morgan fingerprint density at radius 3 is 2.47 bits per heavy atom. The first-order chi connectivity index (χ1) is 8.69. The van der Waals surface area contributed by atoms with Gasteiger partial charge in [-0.25, -0.2) is 0 Å². The largest absolute Gasteiger partial charge is 0.390 e. The SMILES string of the molecule is CN1c2ccccc2[C@]2(C)[C@H]1CC(C)(O)CC2(C)C. The van der Waals surface area contributed by atoms with Crippen molar-refractivity contribution in [3.8, 4) is 0 Å². The van der Waals surface area contributed by atoms with Crippen molar-refractivity contribution in [1.29, 1.82) is 0 Å². The van der Waals surface area contributed by atoms with Gasteiger partial charge in [0.25, 0.3) is 0 Å². The summed E-state index contributed by atoms with van der Waals surface area (Å²) >= 11 is 0. The Morgan fingerprint density at radius 2 is 1.79 bits per heavy atom. The lowest BCUT2D eigenvalue weighted by atomic mass is 9.52. The van der Waals surface area contributed by atoms with E-state index in [1.54, 1.807) is 0 Å². The van der Waals surface area contributed by atoms with Gasteiger partial charge in [0.1, 0.15) is 0 Å². The topological polar surface area (TPSA) is 23.5 Å². The standard InChI is InChI=1S/C17H25NO/c1-15(2)11-16(3,19)10-14-17(15,4)12-8-6-7-9-13(12)18(14)5/h6-9,14,19H,10-11H2,1-5H3/t14-,16?,17-/m1/s1. The smallest absolute Gasteiger partial charge is 0.0645 e. The van der Waals surface area contributed by atoms with Gasteiger partial charge in [0.15, 0.2) is 0 Å². The molecule has 1 aliphatic carbocycles. The Bertz CT molecular complexity index is 520. The Balaban J connectivity index is 2.21. The highest BCUT2D eigenvalue weighted by Crippen LogP contribution is 2.61. The number of fused-ring (bicyclic) bond motifs is 3. The summed E-state index contributed by atoms with van der Waals surface area (Å²) in [5, 5.41) is 10.6. The van der Waals surface area contributed by atoms with Gasteiger partial charge in [0.05, 0.1) is 5.60 Å². The zero-order chi connectivity index (χ0) is 14.1. The number of hydrogen-bond donors (Lipinski definition) is 1. The van der Waals surface area contributed by atoms with Crippen molar-refractivity contribution in [2.75, 3.05) is 11.9 Å². The van der Waals surface area contributed by atoms with Crippen molar-refractivity contribution in [3.05, 3.63) is 29.8 Å². The van der Waals surface area contributed by atoms with Crippen LogP contribution in [0.15, 0.2) is 24.3 Å². The molecule has 1 heterocycles. The number of nitrogens with zero attached hydrogens (tertiary/aromatic N) is 1. The normalized spacial score (nSPS) is 39.9. The molecular weight excluding hydrogens is 234 g/mol. The number of rotatable bonds is 0. The summed E-state index contributed by atoms with van der Waals surface area (Å²) in [6.45, 7) is 8.99. The molecule has 0 spiro atoms. The second-order valence-electron chi connectivity index (χ2n) is 7.61. The van der Waals surface area contributed by atoms with Gasteiger partial charge in [0, 0.05) is 24.2 Å². The Kier molecular flexibility index (Phi) is 2.42. The van der Waals surface area contributed by atoms with E-state index in [0.29, 0.717) is 6.04 Å². The van der Waals surface area contributed by atoms with E-state index in [4.69, 9.17) is 0 Å². The summed E-state index contributed by atoms with van der Waals surface area (Å²) in [7, 11) is 2.17. The fraction of sp³-hybridized carbons (Fsp3) is 0.647. The van der Waals surface area contributed by atoms with Crippen LogP contribution >= 0.6 is 0 Å². The van der Waals surface area contributed by atoms with E-state index < -0.39 is 5.60 Å². The maximum absolute atomic E-state index is 10.6. The lowest BCUT2D eigenvalue weighted by Crippen LogP contribution is -2.60. The number of para-hydroxylation sites is 1. The predicted molar refractivity (Wildman–Crippen MR) is 79.6 cm³/mol. The summed E-state index contributed by atoms with van der Waals surface area (Å²) in [6, 6.07) is 9.12. The molecule has 1 fully saturated rings. The minimum atomic E-state index is -0.565. The third-order valence-electron chi connectivity index (χ3n) is 5.84. The molecule has 1 unspecified atom stereocenters. The summed E-state index contributed by atoms with van der Waals surface area (Å²) in [6.07, 6.45) is 1.70. The van der Waals surface area contributed by atoms with E-state index in [1.807, 2.05) is 6.92 Å². The molecule has 0 bridgehead atoms. The third kappa shape index (κ3) is 1.53. The van der Waals surface area contributed by atoms with E-state index >= 15 is 0 Å². The Morgan fingerprint density at radius 1 is 1.16 bits per heavy atom.